The highest BCUT2D eigenvalue weighted by molar-refractivity contribution is 5.93. The molecule has 6 heterocycles. The monoisotopic (exact) mass is 570 g/mol. The van der Waals surface area contributed by atoms with Crippen LogP contribution in [0.2, 0.25) is 0 Å². The van der Waals surface area contributed by atoms with E-state index in [1.165, 1.54) is 17.7 Å². The summed E-state index contributed by atoms with van der Waals surface area (Å²) in [6, 6.07) is 7.00. The number of rotatable bonds is 7. The van der Waals surface area contributed by atoms with Crippen LogP contribution in [-0.4, -0.2) is 107 Å². The van der Waals surface area contributed by atoms with Crippen LogP contribution < -0.4 is 19.9 Å². The van der Waals surface area contributed by atoms with E-state index in [0.29, 0.717) is 51.3 Å². The second-order valence-corrected chi connectivity index (χ2v) is 12.0. The SMILES string of the molecule is Cc1ccc2[nH]ncc2c1N1CCc2c(nc(OC[C@@H]3CCCN3C)nc2N2CCN(C(=O)[C@H]3CN3)[C@@H](CC#N)C2)C1. The van der Waals surface area contributed by atoms with Crippen molar-refractivity contribution in [1.29, 1.82) is 5.26 Å². The highest BCUT2D eigenvalue weighted by atomic mass is 16.5. The van der Waals surface area contributed by atoms with Gasteiger partial charge < -0.3 is 29.7 Å². The largest absolute Gasteiger partial charge is 0.462 e. The third kappa shape index (κ3) is 5.01. The van der Waals surface area contributed by atoms with Crippen molar-refractivity contribution >= 4 is 28.3 Å². The normalized spacial score (nSPS) is 24.1. The smallest absolute Gasteiger partial charge is 0.318 e. The van der Waals surface area contributed by atoms with Crippen LogP contribution in [0, 0.1) is 18.3 Å². The Morgan fingerprint density at radius 2 is 2.05 bits per heavy atom. The topological polar surface area (TPSA) is 139 Å². The van der Waals surface area contributed by atoms with Gasteiger partial charge in [0.15, 0.2) is 0 Å². The number of likely N-dealkylation sites (tertiary alicyclic amines) is 1. The van der Waals surface area contributed by atoms with Crippen molar-refractivity contribution in [2.24, 2.45) is 0 Å². The van der Waals surface area contributed by atoms with Gasteiger partial charge in [-0.1, -0.05) is 6.07 Å². The number of amides is 1. The molecule has 1 aromatic carbocycles. The Morgan fingerprint density at radius 3 is 2.83 bits per heavy atom. The van der Waals surface area contributed by atoms with Crippen LogP contribution in [0.3, 0.4) is 0 Å². The second kappa shape index (κ2) is 11.0. The van der Waals surface area contributed by atoms with Gasteiger partial charge in [0.25, 0.3) is 0 Å². The molecule has 0 unspecified atom stereocenters. The van der Waals surface area contributed by atoms with E-state index in [4.69, 9.17) is 14.7 Å². The lowest BCUT2D eigenvalue weighted by molar-refractivity contribution is -0.133. The summed E-state index contributed by atoms with van der Waals surface area (Å²) in [6.07, 6.45) is 5.27. The Kier molecular flexibility index (Phi) is 7.07. The molecule has 2 aromatic heterocycles. The molecule has 3 fully saturated rings. The molecule has 2 N–H and O–H groups in total. The molecular weight excluding hydrogens is 532 g/mol. The fraction of sp³-hybridized carbons (Fsp3) is 0.567. The van der Waals surface area contributed by atoms with Crippen LogP contribution in [-0.2, 0) is 17.8 Å². The molecule has 0 bridgehead atoms. The van der Waals surface area contributed by atoms with Crippen molar-refractivity contribution in [1.82, 2.24) is 35.3 Å². The number of H-pyrrole nitrogens is 1. The first kappa shape index (κ1) is 26.9. The number of anilines is 2. The number of nitrogens with zero attached hydrogens (tertiary/aromatic N) is 8. The van der Waals surface area contributed by atoms with Crippen molar-refractivity contribution in [3.63, 3.8) is 0 Å². The summed E-state index contributed by atoms with van der Waals surface area (Å²) in [6.45, 7) is 7.76. The standard InChI is InChI=1S/C30H38N10O2/c1-19-5-6-24-23(14-33-36-24)27(19)38-11-8-22-26(17-38)34-30(42-18-21-4-3-10-37(21)2)35-28(22)39-12-13-40(20(16-39)7-9-31)29(41)25-15-32-25/h5-6,14,20-21,25,32H,3-4,7-8,10-13,15-18H2,1-2H3,(H,33,36)/t20-,21-,25+/m0/s1. The molecule has 7 rings (SSSR count). The van der Waals surface area contributed by atoms with Gasteiger partial charge in [-0.3, -0.25) is 9.89 Å². The summed E-state index contributed by atoms with van der Waals surface area (Å²) in [5.41, 5.74) is 5.50. The van der Waals surface area contributed by atoms with Crippen molar-refractivity contribution < 1.29 is 9.53 Å². The average molecular weight is 571 g/mol. The zero-order chi connectivity index (χ0) is 28.8. The minimum absolute atomic E-state index is 0.101. The number of fused-ring (bicyclic) bond motifs is 2. The minimum Gasteiger partial charge on any atom is -0.462 e. The zero-order valence-corrected chi connectivity index (χ0v) is 24.3. The molecule has 3 saturated heterocycles. The number of aromatic nitrogens is 4. The highest BCUT2D eigenvalue weighted by Crippen LogP contribution is 2.36. The van der Waals surface area contributed by atoms with Crippen LogP contribution in [0.1, 0.15) is 36.1 Å². The number of likely N-dealkylation sites (N-methyl/N-ethyl adjacent to an activating group) is 1. The van der Waals surface area contributed by atoms with Crippen molar-refractivity contribution in [2.45, 2.75) is 57.3 Å². The molecule has 3 atom stereocenters. The number of benzene rings is 1. The second-order valence-electron chi connectivity index (χ2n) is 12.0. The van der Waals surface area contributed by atoms with E-state index in [1.807, 2.05) is 11.1 Å². The number of ether oxygens (including phenoxy) is 1. The first-order chi connectivity index (χ1) is 20.5. The number of piperazine rings is 1. The molecule has 12 heteroatoms. The fourth-order valence-electron chi connectivity index (χ4n) is 6.85. The molecule has 0 aliphatic carbocycles. The quantitative estimate of drug-likeness (QED) is 0.403. The highest BCUT2D eigenvalue weighted by Gasteiger charge is 2.39. The summed E-state index contributed by atoms with van der Waals surface area (Å²) >= 11 is 0. The van der Waals surface area contributed by atoms with E-state index in [2.05, 4.69) is 62.4 Å². The first-order valence-corrected chi connectivity index (χ1v) is 15.1. The number of carbonyl (C=O) groups is 1. The van der Waals surface area contributed by atoms with E-state index in [-0.39, 0.29) is 18.0 Å². The molecule has 1 amide bonds. The third-order valence-corrected chi connectivity index (χ3v) is 9.31. The Hall–Kier alpha value is -3.95. The predicted octanol–water partition coefficient (Wildman–Crippen LogP) is 1.60. The van der Waals surface area contributed by atoms with Crippen LogP contribution in [0.5, 0.6) is 6.01 Å². The first-order valence-electron chi connectivity index (χ1n) is 15.1. The number of hydrogen-bond donors (Lipinski definition) is 2. The van der Waals surface area contributed by atoms with Crippen molar-refractivity contribution in [2.75, 3.05) is 62.7 Å². The molecule has 4 aliphatic rings. The molecule has 0 radical (unpaired) electrons. The molecule has 0 saturated carbocycles. The molecule has 42 heavy (non-hydrogen) atoms. The van der Waals surface area contributed by atoms with Gasteiger partial charge in [-0.05, 0) is 51.4 Å². The lowest BCUT2D eigenvalue weighted by Gasteiger charge is -2.42. The van der Waals surface area contributed by atoms with Gasteiger partial charge in [-0.25, -0.2) is 0 Å². The van der Waals surface area contributed by atoms with E-state index >= 15 is 0 Å². The van der Waals surface area contributed by atoms with Gasteiger partial charge in [0.2, 0.25) is 5.91 Å². The molecule has 3 aromatic rings. The van der Waals surface area contributed by atoms with Gasteiger partial charge in [-0.2, -0.15) is 20.3 Å². The maximum atomic E-state index is 13.0. The predicted molar refractivity (Wildman–Crippen MR) is 158 cm³/mol. The Labute approximate surface area is 245 Å². The van der Waals surface area contributed by atoms with Crippen molar-refractivity contribution in [3.8, 4) is 12.1 Å². The Balaban J connectivity index is 1.20. The maximum absolute atomic E-state index is 13.0. The van der Waals surface area contributed by atoms with Gasteiger partial charge >= 0.3 is 6.01 Å². The third-order valence-electron chi connectivity index (χ3n) is 9.31. The average Bonchev–Trinajstić information content (AvgIpc) is 3.60. The molecule has 4 aliphatic heterocycles. The van der Waals surface area contributed by atoms with E-state index in [1.54, 1.807) is 0 Å². The summed E-state index contributed by atoms with van der Waals surface area (Å²) in [4.78, 5) is 31.8. The summed E-state index contributed by atoms with van der Waals surface area (Å²) in [7, 11) is 2.14. The maximum Gasteiger partial charge on any atom is 0.318 e. The van der Waals surface area contributed by atoms with Crippen LogP contribution in [0.4, 0.5) is 11.5 Å². The van der Waals surface area contributed by atoms with Crippen LogP contribution in [0.25, 0.3) is 10.9 Å². The van der Waals surface area contributed by atoms with Gasteiger partial charge in [0, 0.05) is 49.7 Å². The number of hydrogen-bond acceptors (Lipinski definition) is 10. The number of nitrogens with one attached hydrogen (secondary N) is 2. The zero-order valence-electron chi connectivity index (χ0n) is 24.3. The molecule has 12 nitrogen and oxygen atoms in total. The number of aromatic amines is 1. The minimum atomic E-state index is -0.179. The Morgan fingerprint density at radius 1 is 1.17 bits per heavy atom. The molecule has 0 spiro atoms. The molecule has 220 valence electrons. The van der Waals surface area contributed by atoms with E-state index in [9.17, 15) is 10.1 Å². The summed E-state index contributed by atoms with van der Waals surface area (Å²) < 4.78 is 6.30. The van der Waals surface area contributed by atoms with Crippen LogP contribution >= 0.6 is 0 Å². The van der Waals surface area contributed by atoms with Gasteiger partial charge in [0.1, 0.15) is 12.4 Å². The lowest BCUT2D eigenvalue weighted by atomic mass is 10.0. The lowest BCUT2D eigenvalue weighted by Crippen LogP contribution is -2.57. The Bertz CT molecular complexity index is 1530. The molecular formula is C30H38N10O2. The number of nitriles is 1. The van der Waals surface area contributed by atoms with Gasteiger partial charge in [0.05, 0.1) is 54.2 Å². The van der Waals surface area contributed by atoms with E-state index in [0.717, 1.165) is 60.5 Å². The number of carbonyl (C=O) groups excluding carboxylic acids is 1. The van der Waals surface area contributed by atoms with Crippen LogP contribution in [0.15, 0.2) is 18.3 Å². The fourth-order valence-corrected chi connectivity index (χ4v) is 6.85. The van der Waals surface area contributed by atoms with Gasteiger partial charge in [-0.15, -0.1) is 0 Å². The van der Waals surface area contributed by atoms with E-state index < -0.39 is 0 Å². The summed E-state index contributed by atoms with van der Waals surface area (Å²) in [5.74, 6) is 0.982. The number of aryl methyl sites for hydroxylation is 1. The van der Waals surface area contributed by atoms with Crippen molar-refractivity contribution in [3.05, 3.63) is 35.2 Å². The summed E-state index contributed by atoms with van der Waals surface area (Å²) in [5, 5.41) is 21.2.